The molecule has 0 aromatic heterocycles. The molecule has 0 heterocycles. The summed E-state index contributed by atoms with van der Waals surface area (Å²) in [6.07, 6.45) is 5.16. The van der Waals surface area contributed by atoms with E-state index in [0.29, 0.717) is 25.8 Å². The Bertz CT molecular complexity index is 336. The van der Waals surface area contributed by atoms with Crippen LogP contribution in [0.2, 0.25) is 0 Å². The van der Waals surface area contributed by atoms with E-state index in [0.717, 1.165) is 25.7 Å². The van der Waals surface area contributed by atoms with Gasteiger partial charge in [-0.15, -0.1) is 0 Å². The van der Waals surface area contributed by atoms with Crippen LogP contribution in [-0.4, -0.2) is 34.2 Å². The number of carbonyl (C=O) groups is 2. The van der Waals surface area contributed by atoms with Crippen LogP contribution < -0.4 is 5.32 Å². The molecule has 2 atom stereocenters. The van der Waals surface area contributed by atoms with E-state index in [1.54, 1.807) is 0 Å². The van der Waals surface area contributed by atoms with Gasteiger partial charge in [-0.25, -0.2) is 0 Å². The second-order valence-electron chi connectivity index (χ2n) is 5.69. The summed E-state index contributed by atoms with van der Waals surface area (Å²) in [5, 5.41) is 21.8. The van der Waals surface area contributed by atoms with Crippen LogP contribution in [0.25, 0.3) is 0 Å². The van der Waals surface area contributed by atoms with Gasteiger partial charge in [0.25, 0.3) is 0 Å². The molecule has 2 aliphatic carbocycles. The van der Waals surface area contributed by atoms with Crippen molar-refractivity contribution in [1.29, 1.82) is 0 Å². The molecule has 2 aliphatic rings. The van der Waals surface area contributed by atoms with E-state index in [4.69, 9.17) is 5.11 Å². The number of carboxylic acid groups (broad SMARTS) is 1. The quantitative estimate of drug-likeness (QED) is 0.697. The van der Waals surface area contributed by atoms with E-state index < -0.39 is 11.6 Å². The van der Waals surface area contributed by atoms with Crippen LogP contribution in [0.3, 0.4) is 0 Å². The fourth-order valence-corrected chi connectivity index (χ4v) is 3.05. The summed E-state index contributed by atoms with van der Waals surface area (Å²) in [6, 6.07) is 0. The monoisotopic (exact) mass is 255 g/mol. The highest BCUT2D eigenvalue weighted by Gasteiger charge is 2.36. The molecule has 0 aromatic rings. The summed E-state index contributed by atoms with van der Waals surface area (Å²) >= 11 is 0. The summed E-state index contributed by atoms with van der Waals surface area (Å²) in [6.45, 7) is 0.306. The van der Waals surface area contributed by atoms with E-state index in [1.807, 2.05) is 0 Å². The van der Waals surface area contributed by atoms with E-state index in [-0.39, 0.29) is 17.7 Å². The highest BCUT2D eigenvalue weighted by molar-refractivity contribution is 5.80. The fraction of sp³-hybridized carbons (Fsp3) is 0.846. The fourth-order valence-electron chi connectivity index (χ4n) is 3.05. The zero-order valence-electron chi connectivity index (χ0n) is 10.5. The predicted octanol–water partition coefficient (Wildman–Crippen LogP) is 0.909. The average molecular weight is 255 g/mol. The number of carbonyl (C=O) groups excluding carboxylic acids is 1. The summed E-state index contributed by atoms with van der Waals surface area (Å²) < 4.78 is 0. The van der Waals surface area contributed by atoms with Crippen LogP contribution in [0.15, 0.2) is 0 Å². The van der Waals surface area contributed by atoms with Crippen molar-refractivity contribution in [2.75, 3.05) is 6.54 Å². The second-order valence-corrected chi connectivity index (χ2v) is 5.69. The first-order chi connectivity index (χ1) is 8.50. The lowest BCUT2D eigenvalue weighted by Crippen LogP contribution is -2.42. The Balaban J connectivity index is 1.77. The van der Waals surface area contributed by atoms with Gasteiger partial charge < -0.3 is 15.5 Å². The summed E-state index contributed by atoms with van der Waals surface area (Å²) in [5.74, 6) is -1.48. The number of carboxylic acids is 1. The molecule has 102 valence electrons. The molecule has 3 N–H and O–H groups in total. The lowest BCUT2D eigenvalue weighted by molar-refractivity contribution is -0.141. The van der Waals surface area contributed by atoms with Gasteiger partial charge in [0.05, 0.1) is 11.5 Å². The molecular weight excluding hydrogens is 234 g/mol. The third-order valence-electron chi connectivity index (χ3n) is 4.28. The van der Waals surface area contributed by atoms with Gasteiger partial charge in [-0.05, 0) is 32.1 Å². The molecule has 2 unspecified atom stereocenters. The topological polar surface area (TPSA) is 86.6 Å². The number of rotatable bonds is 4. The van der Waals surface area contributed by atoms with Crippen LogP contribution >= 0.6 is 0 Å². The van der Waals surface area contributed by atoms with Gasteiger partial charge >= 0.3 is 5.97 Å². The summed E-state index contributed by atoms with van der Waals surface area (Å²) in [5.41, 5.74) is -0.736. The van der Waals surface area contributed by atoms with Crippen molar-refractivity contribution in [3.05, 3.63) is 0 Å². The largest absolute Gasteiger partial charge is 0.481 e. The smallest absolute Gasteiger partial charge is 0.306 e. The standard InChI is InChI=1S/C13H21NO4/c15-11(9-3-4-10(7-9)12(16)17)14-8-13(18)5-1-2-6-13/h9-10,18H,1-8H2,(H,14,15)(H,16,17). The Kier molecular flexibility index (Phi) is 3.90. The Morgan fingerprint density at radius 1 is 1.17 bits per heavy atom. The maximum atomic E-state index is 11.9. The molecule has 0 bridgehead atoms. The molecule has 1 amide bonds. The van der Waals surface area contributed by atoms with E-state index in [2.05, 4.69) is 5.32 Å². The zero-order chi connectivity index (χ0) is 13.2. The molecule has 2 rings (SSSR count). The van der Waals surface area contributed by atoms with Crippen molar-refractivity contribution in [3.63, 3.8) is 0 Å². The number of aliphatic carboxylic acids is 1. The van der Waals surface area contributed by atoms with Gasteiger partial charge in [-0.3, -0.25) is 9.59 Å². The van der Waals surface area contributed by atoms with Gasteiger partial charge in [0.1, 0.15) is 0 Å². The predicted molar refractivity (Wildman–Crippen MR) is 64.9 cm³/mol. The van der Waals surface area contributed by atoms with E-state index in [9.17, 15) is 14.7 Å². The number of hydrogen-bond acceptors (Lipinski definition) is 3. The minimum absolute atomic E-state index is 0.0981. The van der Waals surface area contributed by atoms with Crippen LogP contribution in [0.5, 0.6) is 0 Å². The molecule has 0 spiro atoms. The van der Waals surface area contributed by atoms with Gasteiger partial charge in [-0.2, -0.15) is 0 Å². The first-order valence-electron chi connectivity index (χ1n) is 6.73. The number of aliphatic hydroxyl groups is 1. The first-order valence-corrected chi connectivity index (χ1v) is 6.73. The Morgan fingerprint density at radius 2 is 1.78 bits per heavy atom. The van der Waals surface area contributed by atoms with Crippen molar-refractivity contribution in [2.24, 2.45) is 11.8 Å². The van der Waals surface area contributed by atoms with Crippen molar-refractivity contribution >= 4 is 11.9 Å². The number of hydrogen-bond donors (Lipinski definition) is 3. The normalized spacial score (nSPS) is 30.3. The molecule has 0 radical (unpaired) electrons. The molecule has 2 fully saturated rings. The maximum Gasteiger partial charge on any atom is 0.306 e. The molecule has 5 nitrogen and oxygen atoms in total. The molecule has 18 heavy (non-hydrogen) atoms. The maximum absolute atomic E-state index is 11.9. The third-order valence-corrected chi connectivity index (χ3v) is 4.28. The Hall–Kier alpha value is -1.10. The van der Waals surface area contributed by atoms with Crippen molar-refractivity contribution in [1.82, 2.24) is 5.32 Å². The highest BCUT2D eigenvalue weighted by Crippen LogP contribution is 2.32. The van der Waals surface area contributed by atoms with Crippen molar-refractivity contribution in [3.8, 4) is 0 Å². The van der Waals surface area contributed by atoms with Crippen LogP contribution in [0.4, 0.5) is 0 Å². The van der Waals surface area contributed by atoms with Gasteiger partial charge in [0, 0.05) is 12.5 Å². The SMILES string of the molecule is O=C(O)C1CCC(C(=O)NCC2(O)CCCC2)C1. The highest BCUT2D eigenvalue weighted by atomic mass is 16.4. The Labute approximate surface area is 107 Å². The molecule has 2 saturated carbocycles. The van der Waals surface area contributed by atoms with E-state index in [1.165, 1.54) is 0 Å². The van der Waals surface area contributed by atoms with Crippen molar-refractivity contribution in [2.45, 2.75) is 50.5 Å². The Morgan fingerprint density at radius 3 is 2.33 bits per heavy atom. The van der Waals surface area contributed by atoms with Gasteiger partial charge in [0.15, 0.2) is 0 Å². The average Bonchev–Trinajstić information content (AvgIpc) is 2.95. The van der Waals surface area contributed by atoms with Crippen LogP contribution in [0.1, 0.15) is 44.9 Å². The number of nitrogens with one attached hydrogen (secondary N) is 1. The van der Waals surface area contributed by atoms with Crippen molar-refractivity contribution < 1.29 is 19.8 Å². The summed E-state index contributed by atoms with van der Waals surface area (Å²) in [7, 11) is 0. The first kappa shape index (κ1) is 13.3. The lowest BCUT2D eigenvalue weighted by Gasteiger charge is -2.23. The van der Waals surface area contributed by atoms with Gasteiger partial charge in [0.2, 0.25) is 5.91 Å². The molecule has 0 aromatic carbocycles. The molecule has 0 saturated heterocycles. The minimum Gasteiger partial charge on any atom is -0.481 e. The molecule has 5 heteroatoms. The third kappa shape index (κ3) is 3.02. The molecular formula is C13H21NO4. The van der Waals surface area contributed by atoms with Crippen LogP contribution in [-0.2, 0) is 9.59 Å². The lowest BCUT2D eigenvalue weighted by atomic mass is 10.0. The zero-order valence-corrected chi connectivity index (χ0v) is 10.5. The van der Waals surface area contributed by atoms with Crippen LogP contribution in [0, 0.1) is 11.8 Å². The van der Waals surface area contributed by atoms with Gasteiger partial charge in [-0.1, -0.05) is 12.8 Å². The van der Waals surface area contributed by atoms with E-state index >= 15 is 0 Å². The number of amides is 1. The second kappa shape index (κ2) is 5.26. The molecule has 0 aliphatic heterocycles. The minimum atomic E-state index is -0.806. The summed E-state index contributed by atoms with van der Waals surface area (Å²) in [4.78, 5) is 22.7.